The first-order valence-corrected chi connectivity index (χ1v) is 5.45. The number of nitrogens with two attached hydrogens (primary N) is 2. The summed E-state index contributed by atoms with van der Waals surface area (Å²) in [7, 11) is 3.02. The molecule has 7 heteroatoms. The smallest absolute Gasteiger partial charge is 0.276 e. The maximum Gasteiger partial charge on any atom is 0.276 e. The molecule has 1 aromatic heterocycles. The number of nitrogens with zero attached hydrogens (tertiary/aromatic N) is 1. The zero-order valence-corrected chi connectivity index (χ0v) is 10.6. The first-order valence-electron chi connectivity index (χ1n) is 5.45. The summed E-state index contributed by atoms with van der Waals surface area (Å²) in [5.41, 5.74) is 11.0. The molecule has 0 aliphatic carbocycles. The zero-order valence-electron chi connectivity index (χ0n) is 10.6. The summed E-state index contributed by atoms with van der Waals surface area (Å²) in [6.07, 6.45) is 0. The molecule has 0 spiro atoms. The molecule has 0 aliphatic heterocycles. The second-order valence-electron chi connectivity index (χ2n) is 3.75. The van der Waals surface area contributed by atoms with Crippen molar-refractivity contribution in [2.45, 2.75) is 0 Å². The molecule has 2 rings (SSSR count). The van der Waals surface area contributed by atoms with Crippen LogP contribution in [0, 0.1) is 0 Å². The highest BCUT2D eigenvalue weighted by atomic mass is 16.5. The average molecular weight is 262 g/mol. The Bertz CT molecular complexity index is 667. The van der Waals surface area contributed by atoms with Crippen LogP contribution in [-0.4, -0.2) is 24.2 Å². The van der Waals surface area contributed by atoms with Gasteiger partial charge in [-0.3, -0.25) is 4.79 Å². The largest absolute Gasteiger partial charge is 0.493 e. The SMILES string of the molecule is COc1cccc(-c2nc(N)c(N)c(=O)[nH]2)c1OC. The van der Waals surface area contributed by atoms with Gasteiger partial charge in [-0.1, -0.05) is 6.07 Å². The van der Waals surface area contributed by atoms with Crippen LogP contribution in [0.3, 0.4) is 0 Å². The predicted molar refractivity (Wildman–Crippen MR) is 72.2 cm³/mol. The number of methoxy groups -OCH3 is 2. The zero-order chi connectivity index (χ0) is 14.0. The van der Waals surface area contributed by atoms with E-state index in [1.807, 2.05) is 0 Å². The molecule has 2 aromatic rings. The maximum atomic E-state index is 11.6. The van der Waals surface area contributed by atoms with E-state index in [9.17, 15) is 4.79 Å². The van der Waals surface area contributed by atoms with Gasteiger partial charge in [0, 0.05) is 0 Å². The summed E-state index contributed by atoms with van der Waals surface area (Å²) in [6.45, 7) is 0. The van der Waals surface area contributed by atoms with Gasteiger partial charge in [0.05, 0.1) is 19.8 Å². The summed E-state index contributed by atoms with van der Waals surface area (Å²) in [6, 6.07) is 5.22. The lowest BCUT2D eigenvalue weighted by Gasteiger charge is -2.12. The van der Waals surface area contributed by atoms with E-state index < -0.39 is 5.56 Å². The van der Waals surface area contributed by atoms with Crippen LogP contribution in [0.5, 0.6) is 11.5 Å². The second kappa shape index (κ2) is 4.89. The number of ether oxygens (including phenoxy) is 2. The molecule has 0 atom stereocenters. The molecule has 5 N–H and O–H groups in total. The van der Waals surface area contributed by atoms with E-state index in [1.165, 1.54) is 14.2 Å². The van der Waals surface area contributed by atoms with E-state index in [-0.39, 0.29) is 17.3 Å². The average Bonchev–Trinajstić information content (AvgIpc) is 2.43. The van der Waals surface area contributed by atoms with Gasteiger partial charge in [0.1, 0.15) is 11.5 Å². The molecule has 19 heavy (non-hydrogen) atoms. The first kappa shape index (κ1) is 12.7. The molecule has 0 fully saturated rings. The fourth-order valence-corrected chi connectivity index (χ4v) is 1.70. The number of H-pyrrole nitrogens is 1. The lowest BCUT2D eigenvalue weighted by atomic mass is 10.1. The Labute approximate surface area is 109 Å². The number of benzene rings is 1. The number of hydrogen-bond donors (Lipinski definition) is 3. The van der Waals surface area contributed by atoms with Crippen molar-refractivity contribution in [2.75, 3.05) is 25.7 Å². The Hall–Kier alpha value is -2.70. The molecule has 1 aromatic carbocycles. The lowest BCUT2D eigenvalue weighted by molar-refractivity contribution is 0.356. The van der Waals surface area contributed by atoms with Crippen molar-refractivity contribution in [3.8, 4) is 22.9 Å². The van der Waals surface area contributed by atoms with E-state index in [4.69, 9.17) is 20.9 Å². The minimum Gasteiger partial charge on any atom is -0.493 e. The normalized spacial score (nSPS) is 10.2. The van der Waals surface area contributed by atoms with Crippen molar-refractivity contribution in [1.29, 1.82) is 0 Å². The maximum absolute atomic E-state index is 11.6. The Morgan fingerprint density at radius 1 is 1.21 bits per heavy atom. The molecule has 0 unspecified atom stereocenters. The molecule has 0 saturated heterocycles. The Morgan fingerprint density at radius 3 is 2.53 bits per heavy atom. The highest BCUT2D eigenvalue weighted by Crippen LogP contribution is 2.36. The Balaban J connectivity index is 2.69. The van der Waals surface area contributed by atoms with Gasteiger partial charge in [-0.05, 0) is 12.1 Å². The number of anilines is 2. The third-order valence-electron chi connectivity index (χ3n) is 2.64. The van der Waals surface area contributed by atoms with Gasteiger partial charge in [-0.25, -0.2) is 4.98 Å². The third kappa shape index (κ3) is 2.17. The fraction of sp³-hybridized carbons (Fsp3) is 0.167. The number of aromatic nitrogens is 2. The number of aromatic amines is 1. The Kier molecular flexibility index (Phi) is 3.28. The Morgan fingerprint density at radius 2 is 1.95 bits per heavy atom. The van der Waals surface area contributed by atoms with E-state index in [0.29, 0.717) is 17.1 Å². The highest BCUT2D eigenvalue weighted by Gasteiger charge is 2.15. The number of rotatable bonds is 3. The molecule has 0 saturated carbocycles. The van der Waals surface area contributed by atoms with Crippen LogP contribution >= 0.6 is 0 Å². The van der Waals surface area contributed by atoms with E-state index in [0.717, 1.165) is 0 Å². The summed E-state index contributed by atoms with van der Waals surface area (Å²) in [5, 5.41) is 0. The molecule has 0 radical (unpaired) electrons. The van der Waals surface area contributed by atoms with E-state index >= 15 is 0 Å². The summed E-state index contributed by atoms with van der Waals surface area (Å²) < 4.78 is 10.5. The molecule has 100 valence electrons. The molecule has 1 heterocycles. The lowest BCUT2D eigenvalue weighted by Crippen LogP contribution is -2.17. The van der Waals surface area contributed by atoms with Gasteiger partial charge in [0.2, 0.25) is 0 Å². The number of nitrogen functional groups attached to an aromatic ring is 2. The van der Waals surface area contributed by atoms with Gasteiger partial charge in [0.25, 0.3) is 5.56 Å². The van der Waals surface area contributed by atoms with Crippen LogP contribution in [-0.2, 0) is 0 Å². The summed E-state index contributed by atoms with van der Waals surface area (Å²) in [5.74, 6) is 1.23. The van der Waals surface area contributed by atoms with Crippen molar-refractivity contribution in [1.82, 2.24) is 9.97 Å². The molecule has 7 nitrogen and oxygen atoms in total. The number of para-hydroxylation sites is 1. The van der Waals surface area contributed by atoms with Crippen molar-refractivity contribution < 1.29 is 9.47 Å². The topological polar surface area (TPSA) is 116 Å². The van der Waals surface area contributed by atoms with E-state index in [1.54, 1.807) is 18.2 Å². The van der Waals surface area contributed by atoms with Crippen molar-refractivity contribution in [3.05, 3.63) is 28.6 Å². The molecule has 0 aliphatic rings. The van der Waals surface area contributed by atoms with Crippen molar-refractivity contribution in [2.24, 2.45) is 0 Å². The first-order chi connectivity index (χ1) is 9.08. The van der Waals surface area contributed by atoms with Crippen LogP contribution in [0.15, 0.2) is 23.0 Å². The van der Waals surface area contributed by atoms with Crippen molar-refractivity contribution >= 4 is 11.5 Å². The number of nitrogens with one attached hydrogen (secondary N) is 1. The van der Waals surface area contributed by atoms with Gasteiger partial charge < -0.3 is 25.9 Å². The molecule has 0 amide bonds. The van der Waals surface area contributed by atoms with E-state index in [2.05, 4.69) is 9.97 Å². The van der Waals surface area contributed by atoms with Gasteiger partial charge in [-0.2, -0.15) is 0 Å². The van der Waals surface area contributed by atoms with Crippen LogP contribution in [0.1, 0.15) is 0 Å². The summed E-state index contributed by atoms with van der Waals surface area (Å²) in [4.78, 5) is 18.2. The van der Waals surface area contributed by atoms with Crippen LogP contribution in [0.25, 0.3) is 11.4 Å². The van der Waals surface area contributed by atoms with Gasteiger partial charge in [0.15, 0.2) is 17.3 Å². The minimum atomic E-state index is -0.493. The second-order valence-corrected chi connectivity index (χ2v) is 3.75. The molecular weight excluding hydrogens is 248 g/mol. The summed E-state index contributed by atoms with van der Waals surface area (Å²) >= 11 is 0. The van der Waals surface area contributed by atoms with Crippen LogP contribution in [0.4, 0.5) is 11.5 Å². The highest BCUT2D eigenvalue weighted by molar-refractivity contribution is 5.71. The van der Waals surface area contributed by atoms with Crippen molar-refractivity contribution in [3.63, 3.8) is 0 Å². The number of hydrogen-bond acceptors (Lipinski definition) is 6. The predicted octanol–water partition coefficient (Wildman–Crippen LogP) is 0.619. The van der Waals surface area contributed by atoms with Crippen LogP contribution < -0.4 is 26.5 Å². The third-order valence-corrected chi connectivity index (χ3v) is 2.64. The molecule has 0 bridgehead atoms. The van der Waals surface area contributed by atoms with Gasteiger partial charge >= 0.3 is 0 Å². The molecular formula is C12H14N4O3. The standard InChI is InChI=1S/C12H14N4O3/c1-18-7-5-3-4-6(9(7)19-2)11-15-10(14)8(13)12(17)16-11/h3-5H,13H2,1-2H3,(H3,14,15,16,17). The monoisotopic (exact) mass is 262 g/mol. The van der Waals surface area contributed by atoms with Crippen LogP contribution in [0.2, 0.25) is 0 Å². The minimum absolute atomic E-state index is 0.0244. The fourth-order valence-electron chi connectivity index (χ4n) is 1.70. The quantitative estimate of drug-likeness (QED) is 0.746. The van der Waals surface area contributed by atoms with Gasteiger partial charge in [-0.15, -0.1) is 0 Å².